The number of rotatable bonds is 8. The standard InChI is InChI=1S/C22H25N7O2S/c1-30-16-8-7-15(18(12-16)31-2)13-28-10-11-29-20(17(28)4-3-9-23)25-26-21(29)22-24-19(27-32-22)14-5-6-14/h7-8,12,14,17H,3-6,10-11,13H2,1-2H3. The van der Waals surface area contributed by atoms with E-state index in [0.29, 0.717) is 25.3 Å². The van der Waals surface area contributed by atoms with E-state index in [1.54, 1.807) is 14.2 Å². The third kappa shape index (κ3) is 3.94. The van der Waals surface area contributed by atoms with Gasteiger partial charge in [0.25, 0.3) is 0 Å². The molecule has 2 aromatic heterocycles. The highest BCUT2D eigenvalue weighted by Gasteiger charge is 2.34. The highest BCUT2D eigenvalue weighted by atomic mass is 32.1. The molecule has 3 aromatic rings. The Hall–Kier alpha value is -3.03. The second-order valence-electron chi connectivity index (χ2n) is 8.13. The lowest BCUT2D eigenvalue weighted by atomic mass is 10.0. The van der Waals surface area contributed by atoms with E-state index in [9.17, 15) is 5.26 Å². The van der Waals surface area contributed by atoms with Crippen molar-refractivity contribution in [3.8, 4) is 28.4 Å². The lowest BCUT2D eigenvalue weighted by molar-refractivity contribution is 0.136. The van der Waals surface area contributed by atoms with Crippen molar-refractivity contribution < 1.29 is 9.47 Å². The SMILES string of the molecule is COc1ccc(CN2CCn3c(-c4nc(C5CC5)ns4)nnc3C2CCC#N)c(OC)c1. The van der Waals surface area contributed by atoms with E-state index in [4.69, 9.17) is 14.5 Å². The molecule has 1 unspecified atom stereocenters. The zero-order valence-electron chi connectivity index (χ0n) is 18.2. The summed E-state index contributed by atoms with van der Waals surface area (Å²) in [4.78, 5) is 7.08. The average Bonchev–Trinajstić information content (AvgIpc) is 3.40. The average molecular weight is 452 g/mol. The van der Waals surface area contributed by atoms with Crippen LogP contribution in [0.2, 0.25) is 0 Å². The third-order valence-electron chi connectivity index (χ3n) is 6.10. The van der Waals surface area contributed by atoms with Crippen LogP contribution in [0.3, 0.4) is 0 Å². The molecule has 0 spiro atoms. The van der Waals surface area contributed by atoms with Gasteiger partial charge in [-0.25, -0.2) is 4.98 Å². The first-order valence-electron chi connectivity index (χ1n) is 10.8. The number of fused-ring (bicyclic) bond motifs is 1. The van der Waals surface area contributed by atoms with Gasteiger partial charge in [0.1, 0.15) is 17.3 Å². The van der Waals surface area contributed by atoms with Gasteiger partial charge in [0.2, 0.25) is 0 Å². The van der Waals surface area contributed by atoms with E-state index in [2.05, 4.69) is 30.1 Å². The maximum atomic E-state index is 9.24. The van der Waals surface area contributed by atoms with Gasteiger partial charge in [-0.15, -0.1) is 10.2 Å². The van der Waals surface area contributed by atoms with Gasteiger partial charge >= 0.3 is 0 Å². The van der Waals surface area contributed by atoms with Crippen molar-refractivity contribution in [3.63, 3.8) is 0 Å². The fourth-order valence-corrected chi connectivity index (χ4v) is 4.96. The highest BCUT2D eigenvalue weighted by molar-refractivity contribution is 7.09. The molecular formula is C22H25N7O2S. The first-order valence-corrected chi connectivity index (χ1v) is 11.6. The zero-order chi connectivity index (χ0) is 22.1. The normalized spacial score (nSPS) is 18.2. The summed E-state index contributed by atoms with van der Waals surface area (Å²) in [6, 6.07) is 8.15. The molecule has 1 saturated carbocycles. The van der Waals surface area contributed by atoms with Crippen molar-refractivity contribution in [2.45, 2.75) is 50.7 Å². The molecule has 1 aliphatic heterocycles. The number of benzene rings is 1. The summed E-state index contributed by atoms with van der Waals surface area (Å²) < 4.78 is 17.6. The number of aromatic nitrogens is 5. The summed E-state index contributed by atoms with van der Waals surface area (Å²) in [6.45, 7) is 2.27. The highest BCUT2D eigenvalue weighted by Crippen LogP contribution is 2.40. The Kier molecular flexibility index (Phi) is 5.76. The molecule has 0 saturated heterocycles. The van der Waals surface area contributed by atoms with Gasteiger partial charge in [-0.2, -0.15) is 9.64 Å². The third-order valence-corrected chi connectivity index (χ3v) is 6.83. The van der Waals surface area contributed by atoms with E-state index < -0.39 is 0 Å². The summed E-state index contributed by atoms with van der Waals surface area (Å²) in [6.07, 6.45) is 3.49. The maximum Gasteiger partial charge on any atom is 0.194 e. The van der Waals surface area contributed by atoms with Gasteiger partial charge in [0.05, 0.1) is 26.3 Å². The van der Waals surface area contributed by atoms with Gasteiger partial charge in [-0.1, -0.05) is 6.07 Å². The number of nitriles is 1. The molecular weight excluding hydrogens is 426 g/mol. The molecule has 0 bridgehead atoms. The van der Waals surface area contributed by atoms with Crippen molar-refractivity contribution in [1.29, 1.82) is 5.26 Å². The molecule has 1 atom stereocenters. The Labute approximate surface area is 190 Å². The fourth-order valence-electron chi connectivity index (χ4n) is 4.22. The largest absolute Gasteiger partial charge is 0.497 e. The van der Waals surface area contributed by atoms with Crippen molar-refractivity contribution >= 4 is 11.5 Å². The first kappa shape index (κ1) is 20.8. The molecule has 1 fully saturated rings. The zero-order valence-corrected chi connectivity index (χ0v) is 19.0. The van der Waals surface area contributed by atoms with E-state index >= 15 is 0 Å². The fraction of sp³-hybridized carbons (Fsp3) is 0.500. The minimum absolute atomic E-state index is 0.00715. The molecule has 0 amide bonds. The van der Waals surface area contributed by atoms with Gasteiger partial charge in [-0.3, -0.25) is 4.90 Å². The lowest BCUT2D eigenvalue weighted by Crippen LogP contribution is -2.38. The molecule has 10 heteroatoms. The number of ether oxygens (including phenoxy) is 2. The predicted molar refractivity (Wildman–Crippen MR) is 118 cm³/mol. The van der Waals surface area contributed by atoms with Crippen LogP contribution in [0, 0.1) is 11.3 Å². The minimum Gasteiger partial charge on any atom is -0.497 e. The van der Waals surface area contributed by atoms with E-state index in [1.165, 1.54) is 24.4 Å². The van der Waals surface area contributed by atoms with E-state index in [1.807, 2.05) is 18.2 Å². The molecule has 9 nitrogen and oxygen atoms in total. The molecule has 0 N–H and O–H groups in total. The van der Waals surface area contributed by atoms with Crippen LogP contribution in [0.1, 0.15) is 54.9 Å². The van der Waals surface area contributed by atoms with Gasteiger partial charge in [-0.05, 0) is 36.9 Å². The van der Waals surface area contributed by atoms with Crippen LogP contribution >= 0.6 is 11.5 Å². The van der Waals surface area contributed by atoms with E-state index in [-0.39, 0.29) is 6.04 Å². The van der Waals surface area contributed by atoms with Crippen LogP contribution < -0.4 is 9.47 Å². The summed E-state index contributed by atoms with van der Waals surface area (Å²) >= 11 is 1.40. The minimum atomic E-state index is -0.00715. The Morgan fingerprint density at radius 3 is 2.81 bits per heavy atom. The van der Waals surface area contributed by atoms with Crippen molar-refractivity contribution in [3.05, 3.63) is 35.4 Å². The van der Waals surface area contributed by atoms with Crippen LogP contribution in [0.5, 0.6) is 11.5 Å². The van der Waals surface area contributed by atoms with Gasteiger partial charge in [0.15, 0.2) is 16.7 Å². The Morgan fingerprint density at radius 2 is 2.06 bits per heavy atom. The molecule has 5 rings (SSSR count). The second-order valence-corrected chi connectivity index (χ2v) is 8.88. The molecule has 2 aliphatic rings. The summed E-state index contributed by atoms with van der Waals surface area (Å²) in [5, 5.41) is 19.1. The summed E-state index contributed by atoms with van der Waals surface area (Å²) in [5.41, 5.74) is 1.07. The van der Waals surface area contributed by atoms with Gasteiger partial charge in [0, 0.05) is 43.6 Å². The Balaban J connectivity index is 1.43. The molecule has 1 aromatic carbocycles. The van der Waals surface area contributed by atoms with Crippen molar-refractivity contribution in [2.75, 3.05) is 20.8 Å². The number of hydrogen-bond donors (Lipinski definition) is 0. The number of hydrogen-bond acceptors (Lipinski definition) is 9. The van der Waals surface area contributed by atoms with Crippen molar-refractivity contribution in [2.24, 2.45) is 0 Å². The van der Waals surface area contributed by atoms with Gasteiger partial charge < -0.3 is 14.0 Å². The number of nitrogens with zero attached hydrogens (tertiary/aromatic N) is 7. The monoisotopic (exact) mass is 451 g/mol. The molecule has 166 valence electrons. The first-order chi connectivity index (χ1) is 15.7. The topological polar surface area (TPSA) is 102 Å². The van der Waals surface area contributed by atoms with E-state index in [0.717, 1.165) is 52.6 Å². The molecule has 0 radical (unpaired) electrons. The molecule has 1 aliphatic carbocycles. The van der Waals surface area contributed by atoms with Crippen molar-refractivity contribution in [1.82, 2.24) is 29.0 Å². The van der Waals surface area contributed by atoms with Crippen LogP contribution in [0.15, 0.2) is 18.2 Å². The quantitative estimate of drug-likeness (QED) is 0.512. The van der Waals surface area contributed by atoms with Crippen LogP contribution in [0.4, 0.5) is 0 Å². The number of methoxy groups -OCH3 is 2. The predicted octanol–water partition coefficient (Wildman–Crippen LogP) is 3.55. The molecule has 32 heavy (non-hydrogen) atoms. The maximum absolute atomic E-state index is 9.24. The molecule has 3 heterocycles. The van der Waals surface area contributed by atoms with Crippen LogP contribution in [-0.4, -0.2) is 49.8 Å². The summed E-state index contributed by atoms with van der Waals surface area (Å²) in [7, 11) is 3.31. The smallest absolute Gasteiger partial charge is 0.194 e. The van der Waals surface area contributed by atoms with Crippen LogP contribution in [0.25, 0.3) is 10.8 Å². The van der Waals surface area contributed by atoms with Crippen LogP contribution in [-0.2, 0) is 13.1 Å². The Bertz CT molecular complexity index is 1150. The second kappa shape index (κ2) is 8.84. The Morgan fingerprint density at radius 1 is 1.19 bits per heavy atom. The summed E-state index contributed by atoms with van der Waals surface area (Å²) in [5.74, 6) is 4.68. The lowest BCUT2D eigenvalue weighted by Gasteiger charge is -2.35.